The third-order valence-electron chi connectivity index (χ3n) is 5.41. The molecule has 0 saturated carbocycles. The molecule has 0 radical (unpaired) electrons. The lowest BCUT2D eigenvalue weighted by atomic mass is 10.0. The second-order valence-corrected chi connectivity index (χ2v) is 7.94. The van der Waals surface area contributed by atoms with Crippen molar-refractivity contribution in [2.45, 2.75) is 45.2 Å². The van der Waals surface area contributed by atoms with Crippen LogP contribution in [0.1, 0.15) is 47.7 Å². The Labute approximate surface area is 177 Å². The van der Waals surface area contributed by atoms with Crippen molar-refractivity contribution >= 4 is 17.5 Å². The number of amides is 1. The summed E-state index contributed by atoms with van der Waals surface area (Å²) in [5, 5.41) is 13.7. The molecule has 2 aromatic rings. The molecule has 2 N–H and O–H groups in total. The summed E-state index contributed by atoms with van der Waals surface area (Å²) in [6.07, 6.45) is 3.34. The first kappa shape index (κ1) is 21.5. The fraction of sp³-hybridized carbons (Fsp3) is 0.435. The highest BCUT2D eigenvalue weighted by molar-refractivity contribution is 6.33. The summed E-state index contributed by atoms with van der Waals surface area (Å²) in [5.74, 6) is -0.143. The number of methoxy groups -OCH3 is 1. The summed E-state index contributed by atoms with van der Waals surface area (Å²) in [7, 11) is 1.51. The van der Waals surface area contributed by atoms with Crippen LogP contribution in [0.3, 0.4) is 0 Å². The maximum atomic E-state index is 13.0. The molecular weight excluding hydrogens is 388 g/mol. The fourth-order valence-corrected chi connectivity index (χ4v) is 4.13. The second kappa shape index (κ2) is 9.99. The predicted octanol–water partition coefficient (Wildman–Crippen LogP) is 4.40. The number of halogens is 1. The van der Waals surface area contributed by atoms with Crippen LogP contribution in [0.2, 0.25) is 5.02 Å². The van der Waals surface area contributed by atoms with Crippen molar-refractivity contribution in [3.63, 3.8) is 0 Å². The van der Waals surface area contributed by atoms with Crippen molar-refractivity contribution in [3.05, 3.63) is 58.1 Å². The van der Waals surface area contributed by atoms with Gasteiger partial charge < -0.3 is 15.2 Å². The number of aromatic hydroxyl groups is 1. The zero-order chi connectivity index (χ0) is 20.8. The number of hydrogen-bond donors (Lipinski definition) is 2. The van der Waals surface area contributed by atoms with Crippen molar-refractivity contribution in [1.29, 1.82) is 0 Å². The van der Waals surface area contributed by atoms with E-state index in [1.807, 2.05) is 13.0 Å². The van der Waals surface area contributed by atoms with Gasteiger partial charge in [0.15, 0.2) is 5.75 Å². The Kier molecular flexibility index (Phi) is 7.40. The number of likely N-dealkylation sites (tertiary alicyclic amines) is 1. The summed E-state index contributed by atoms with van der Waals surface area (Å²) < 4.78 is 5.47. The highest BCUT2D eigenvalue weighted by Gasteiger charge is 2.27. The van der Waals surface area contributed by atoms with Gasteiger partial charge in [-0.2, -0.15) is 0 Å². The van der Waals surface area contributed by atoms with E-state index in [9.17, 15) is 9.90 Å². The zero-order valence-corrected chi connectivity index (χ0v) is 17.8. The lowest BCUT2D eigenvalue weighted by Gasteiger charge is -2.32. The van der Waals surface area contributed by atoms with Crippen LogP contribution in [-0.2, 0) is 13.0 Å². The number of ether oxygens (including phenoxy) is 1. The Bertz CT molecular complexity index is 834. The van der Waals surface area contributed by atoms with E-state index < -0.39 is 0 Å². The molecule has 1 amide bonds. The molecule has 5 nitrogen and oxygen atoms in total. The van der Waals surface area contributed by atoms with E-state index in [0.29, 0.717) is 5.75 Å². The number of phenolic OH excluding ortho intramolecular Hbond substituents is 1. The minimum Gasteiger partial charge on any atom is -0.505 e. The molecular formula is C23H29ClN2O3. The Morgan fingerprint density at radius 1 is 1.28 bits per heavy atom. The molecule has 1 saturated heterocycles. The number of nitrogens with zero attached hydrogens (tertiary/aromatic N) is 1. The van der Waals surface area contributed by atoms with Crippen molar-refractivity contribution in [1.82, 2.24) is 10.2 Å². The number of carbonyl (C=O) groups excluding carboxylic acids is 1. The topological polar surface area (TPSA) is 61.8 Å². The van der Waals surface area contributed by atoms with Crippen LogP contribution in [0, 0.1) is 0 Å². The Morgan fingerprint density at radius 2 is 1.97 bits per heavy atom. The van der Waals surface area contributed by atoms with Gasteiger partial charge in [-0.05, 0) is 36.5 Å². The first-order valence-electron chi connectivity index (χ1n) is 10.2. The van der Waals surface area contributed by atoms with Crippen LogP contribution in [0.4, 0.5) is 0 Å². The molecule has 29 heavy (non-hydrogen) atoms. The molecule has 0 bridgehead atoms. The van der Waals surface area contributed by atoms with Crippen LogP contribution in [0.5, 0.6) is 11.5 Å². The van der Waals surface area contributed by atoms with Gasteiger partial charge in [0.1, 0.15) is 11.3 Å². The van der Waals surface area contributed by atoms with E-state index in [1.54, 1.807) is 6.07 Å². The number of hydrogen-bond acceptors (Lipinski definition) is 4. The van der Waals surface area contributed by atoms with Crippen LogP contribution >= 0.6 is 11.6 Å². The number of piperidine rings is 1. The third-order valence-corrected chi connectivity index (χ3v) is 5.69. The molecule has 6 heteroatoms. The number of benzene rings is 2. The van der Waals surface area contributed by atoms with Crippen molar-refractivity contribution in [2.75, 3.05) is 20.2 Å². The fourth-order valence-electron chi connectivity index (χ4n) is 3.91. The zero-order valence-electron chi connectivity index (χ0n) is 17.1. The molecule has 0 aromatic heterocycles. The third kappa shape index (κ3) is 5.22. The minimum atomic E-state index is -0.333. The second-order valence-electron chi connectivity index (χ2n) is 7.53. The number of rotatable bonds is 7. The maximum Gasteiger partial charge on any atom is 0.259 e. The molecule has 0 spiro atoms. The Hall–Kier alpha value is -2.24. The number of nitrogens with one attached hydrogen (secondary N) is 1. The minimum absolute atomic E-state index is 0.0623. The van der Waals surface area contributed by atoms with E-state index in [2.05, 4.69) is 34.5 Å². The lowest BCUT2D eigenvalue weighted by molar-refractivity contribution is 0.0903. The molecule has 1 aliphatic heterocycles. The molecule has 156 valence electrons. The molecule has 0 aliphatic carbocycles. The molecule has 1 fully saturated rings. The van der Waals surface area contributed by atoms with Gasteiger partial charge in [-0.25, -0.2) is 0 Å². The van der Waals surface area contributed by atoms with E-state index >= 15 is 0 Å². The average molecular weight is 417 g/mol. The summed E-state index contributed by atoms with van der Waals surface area (Å²) in [6.45, 7) is 4.80. The highest BCUT2D eigenvalue weighted by atomic mass is 35.5. The van der Waals surface area contributed by atoms with Gasteiger partial charge in [0, 0.05) is 25.7 Å². The van der Waals surface area contributed by atoms with Crippen LogP contribution in [0.15, 0.2) is 36.4 Å². The molecule has 0 atom stereocenters. The van der Waals surface area contributed by atoms with Crippen molar-refractivity contribution in [2.24, 2.45) is 0 Å². The normalized spacial score (nSPS) is 15.3. The van der Waals surface area contributed by atoms with Gasteiger partial charge in [0.05, 0.1) is 12.1 Å². The van der Waals surface area contributed by atoms with Gasteiger partial charge in [0.25, 0.3) is 5.91 Å². The standard InChI is InChI=1S/C23H29ClN2O3/c1-3-7-17-14-19(24)21(27)20(22(17)29-2)23(28)25-18-10-12-26(13-11-18)15-16-8-5-4-6-9-16/h4-6,8-9,14,18,27H,3,7,10-13,15H2,1-2H3,(H,25,28). The van der Waals surface area contributed by atoms with Crippen LogP contribution in [-0.4, -0.2) is 42.2 Å². The van der Waals surface area contributed by atoms with Crippen LogP contribution in [0.25, 0.3) is 0 Å². The molecule has 3 rings (SSSR count). The quantitative estimate of drug-likeness (QED) is 0.702. The lowest BCUT2D eigenvalue weighted by Crippen LogP contribution is -2.44. The highest BCUT2D eigenvalue weighted by Crippen LogP contribution is 2.38. The smallest absolute Gasteiger partial charge is 0.259 e. The predicted molar refractivity (Wildman–Crippen MR) is 116 cm³/mol. The van der Waals surface area contributed by atoms with E-state index in [-0.39, 0.29) is 28.3 Å². The van der Waals surface area contributed by atoms with Gasteiger partial charge in [-0.15, -0.1) is 0 Å². The summed E-state index contributed by atoms with van der Waals surface area (Å²) in [6, 6.07) is 12.1. The molecule has 0 unspecified atom stereocenters. The summed E-state index contributed by atoms with van der Waals surface area (Å²) in [5.41, 5.74) is 2.27. The van der Waals surface area contributed by atoms with Crippen molar-refractivity contribution < 1.29 is 14.6 Å². The Morgan fingerprint density at radius 3 is 2.59 bits per heavy atom. The first-order valence-corrected chi connectivity index (χ1v) is 10.6. The van der Waals surface area contributed by atoms with Gasteiger partial charge >= 0.3 is 0 Å². The molecule has 2 aromatic carbocycles. The van der Waals surface area contributed by atoms with Gasteiger partial charge in [-0.3, -0.25) is 9.69 Å². The van der Waals surface area contributed by atoms with E-state index in [0.717, 1.165) is 50.9 Å². The molecule has 1 aliphatic rings. The average Bonchev–Trinajstić information content (AvgIpc) is 2.72. The van der Waals surface area contributed by atoms with E-state index in [1.165, 1.54) is 12.7 Å². The largest absolute Gasteiger partial charge is 0.505 e. The number of aryl methyl sites for hydroxylation is 1. The number of carbonyl (C=O) groups is 1. The Balaban J connectivity index is 1.65. The van der Waals surface area contributed by atoms with Crippen LogP contribution < -0.4 is 10.1 Å². The van der Waals surface area contributed by atoms with Crippen molar-refractivity contribution in [3.8, 4) is 11.5 Å². The first-order chi connectivity index (χ1) is 14.0. The SMILES string of the molecule is CCCc1cc(Cl)c(O)c(C(=O)NC2CCN(Cc3ccccc3)CC2)c1OC. The summed E-state index contributed by atoms with van der Waals surface area (Å²) >= 11 is 6.17. The summed E-state index contributed by atoms with van der Waals surface area (Å²) in [4.78, 5) is 15.4. The monoisotopic (exact) mass is 416 g/mol. The van der Waals surface area contributed by atoms with E-state index in [4.69, 9.17) is 16.3 Å². The molecule has 1 heterocycles. The van der Waals surface area contributed by atoms with Gasteiger partial charge in [0.2, 0.25) is 0 Å². The maximum absolute atomic E-state index is 13.0. The number of phenols is 1. The van der Waals surface area contributed by atoms with Gasteiger partial charge in [-0.1, -0.05) is 55.3 Å².